The van der Waals surface area contributed by atoms with Crippen LogP contribution in [0.3, 0.4) is 0 Å². The van der Waals surface area contributed by atoms with E-state index in [9.17, 15) is 4.79 Å². The third-order valence-electron chi connectivity index (χ3n) is 3.07. The van der Waals surface area contributed by atoms with E-state index < -0.39 is 0 Å². The van der Waals surface area contributed by atoms with Crippen LogP contribution in [0, 0.1) is 0 Å². The molecule has 0 aliphatic carbocycles. The van der Waals surface area contributed by atoms with Crippen LogP contribution < -0.4 is 4.74 Å². The van der Waals surface area contributed by atoms with Crippen LogP contribution >= 0.6 is 0 Å². The first-order chi connectivity index (χ1) is 8.58. The van der Waals surface area contributed by atoms with Gasteiger partial charge in [0.2, 0.25) is 0 Å². The Hall–Kier alpha value is -1.51. The van der Waals surface area contributed by atoms with E-state index in [1.807, 2.05) is 25.1 Å². The molecule has 18 heavy (non-hydrogen) atoms. The van der Waals surface area contributed by atoms with Gasteiger partial charge in [-0.15, -0.1) is 0 Å². The Kier molecular flexibility index (Phi) is 5.69. The molecule has 3 heteroatoms. The van der Waals surface area contributed by atoms with Gasteiger partial charge in [-0.25, -0.2) is 0 Å². The van der Waals surface area contributed by atoms with Crippen molar-refractivity contribution in [3.63, 3.8) is 0 Å². The zero-order valence-corrected chi connectivity index (χ0v) is 11.6. The lowest BCUT2D eigenvalue weighted by Gasteiger charge is -2.19. The molecule has 0 saturated carbocycles. The standard InChI is InChI=1S/C15H22O3/c1-5-11(2)13-8-6-7-9-14(13)18-12(3)10-15(16)17-4/h6-9,11-12H,5,10H2,1-4H3. The highest BCUT2D eigenvalue weighted by atomic mass is 16.5. The van der Waals surface area contributed by atoms with E-state index in [0.717, 1.165) is 12.2 Å². The van der Waals surface area contributed by atoms with Gasteiger partial charge in [-0.1, -0.05) is 32.0 Å². The highest BCUT2D eigenvalue weighted by Crippen LogP contribution is 2.29. The summed E-state index contributed by atoms with van der Waals surface area (Å²) in [6, 6.07) is 8.00. The fourth-order valence-electron chi connectivity index (χ4n) is 1.79. The third-order valence-corrected chi connectivity index (χ3v) is 3.07. The van der Waals surface area contributed by atoms with Crippen molar-refractivity contribution in [3.8, 4) is 5.75 Å². The van der Waals surface area contributed by atoms with Gasteiger partial charge in [-0.2, -0.15) is 0 Å². The number of carbonyl (C=O) groups is 1. The summed E-state index contributed by atoms with van der Waals surface area (Å²) in [4.78, 5) is 11.2. The molecule has 0 radical (unpaired) electrons. The van der Waals surface area contributed by atoms with E-state index in [2.05, 4.69) is 24.7 Å². The number of esters is 1. The van der Waals surface area contributed by atoms with Crippen LogP contribution in [0.15, 0.2) is 24.3 Å². The highest BCUT2D eigenvalue weighted by Gasteiger charge is 2.14. The second-order valence-electron chi connectivity index (χ2n) is 4.56. The second-order valence-corrected chi connectivity index (χ2v) is 4.56. The molecule has 2 unspecified atom stereocenters. The van der Waals surface area contributed by atoms with Gasteiger partial charge in [-0.05, 0) is 30.9 Å². The number of rotatable bonds is 6. The summed E-state index contributed by atoms with van der Waals surface area (Å²) >= 11 is 0. The molecule has 0 aliphatic rings. The lowest BCUT2D eigenvalue weighted by molar-refractivity contribution is -0.142. The summed E-state index contributed by atoms with van der Waals surface area (Å²) < 4.78 is 10.5. The van der Waals surface area contributed by atoms with E-state index in [4.69, 9.17) is 4.74 Å². The number of para-hydroxylation sites is 1. The van der Waals surface area contributed by atoms with Gasteiger partial charge in [0.05, 0.1) is 13.5 Å². The molecule has 0 spiro atoms. The Morgan fingerprint density at radius 3 is 2.56 bits per heavy atom. The molecule has 100 valence electrons. The van der Waals surface area contributed by atoms with Gasteiger partial charge >= 0.3 is 5.97 Å². The maximum Gasteiger partial charge on any atom is 0.309 e. The van der Waals surface area contributed by atoms with Crippen molar-refractivity contribution < 1.29 is 14.3 Å². The predicted molar refractivity (Wildman–Crippen MR) is 71.9 cm³/mol. The van der Waals surface area contributed by atoms with Crippen LogP contribution in [0.5, 0.6) is 5.75 Å². The average Bonchev–Trinajstić information content (AvgIpc) is 2.38. The van der Waals surface area contributed by atoms with Gasteiger partial charge in [0.1, 0.15) is 11.9 Å². The zero-order chi connectivity index (χ0) is 13.5. The Balaban J connectivity index is 2.74. The molecule has 2 atom stereocenters. The molecule has 0 aromatic heterocycles. The summed E-state index contributed by atoms with van der Waals surface area (Å²) in [7, 11) is 1.39. The molecule has 1 aromatic rings. The van der Waals surface area contributed by atoms with Crippen molar-refractivity contribution in [2.45, 2.75) is 45.6 Å². The first-order valence-corrected chi connectivity index (χ1v) is 6.40. The Morgan fingerprint density at radius 1 is 1.28 bits per heavy atom. The summed E-state index contributed by atoms with van der Waals surface area (Å²) in [6.07, 6.45) is 1.15. The number of carbonyl (C=O) groups excluding carboxylic acids is 1. The Morgan fingerprint density at radius 2 is 1.94 bits per heavy atom. The van der Waals surface area contributed by atoms with Crippen LogP contribution in [0.2, 0.25) is 0 Å². The van der Waals surface area contributed by atoms with Crippen molar-refractivity contribution in [3.05, 3.63) is 29.8 Å². The SMILES string of the molecule is CCC(C)c1ccccc1OC(C)CC(=O)OC. The highest BCUT2D eigenvalue weighted by molar-refractivity contribution is 5.69. The molecule has 0 bridgehead atoms. The predicted octanol–water partition coefficient (Wildman–Crippen LogP) is 3.53. The van der Waals surface area contributed by atoms with Crippen LogP contribution in [0.1, 0.15) is 45.1 Å². The van der Waals surface area contributed by atoms with Crippen molar-refractivity contribution in [1.29, 1.82) is 0 Å². The topological polar surface area (TPSA) is 35.5 Å². The monoisotopic (exact) mass is 250 g/mol. The van der Waals surface area contributed by atoms with Gasteiger partial charge in [0.25, 0.3) is 0 Å². The summed E-state index contributed by atoms with van der Waals surface area (Å²) in [5.74, 6) is 1.07. The smallest absolute Gasteiger partial charge is 0.309 e. The molecule has 3 nitrogen and oxygen atoms in total. The molecular formula is C15H22O3. The van der Waals surface area contributed by atoms with Crippen molar-refractivity contribution in [2.24, 2.45) is 0 Å². The van der Waals surface area contributed by atoms with E-state index in [-0.39, 0.29) is 18.5 Å². The number of hydrogen-bond donors (Lipinski definition) is 0. The van der Waals surface area contributed by atoms with Gasteiger partial charge in [0, 0.05) is 0 Å². The minimum Gasteiger partial charge on any atom is -0.490 e. The fourth-order valence-corrected chi connectivity index (χ4v) is 1.79. The molecule has 1 aromatic carbocycles. The van der Waals surface area contributed by atoms with Gasteiger partial charge in [-0.3, -0.25) is 4.79 Å². The van der Waals surface area contributed by atoms with Gasteiger partial charge < -0.3 is 9.47 Å². The van der Waals surface area contributed by atoms with Crippen LogP contribution in [0.25, 0.3) is 0 Å². The van der Waals surface area contributed by atoms with Crippen molar-refractivity contribution in [2.75, 3.05) is 7.11 Å². The van der Waals surface area contributed by atoms with Crippen LogP contribution in [0.4, 0.5) is 0 Å². The number of hydrogen-bond acceptors (Lipinski definition) is 3. The maximum absolute atomic E-state index is 11.2. The largest absolute Gasteiger partial charge is 0.490 e. The second kappa shape index (κ2) is 7.04. The number of methoxy groups -OCH3 is 1. The van der Waals surface area contributed by atoms with Gasteiger partial charge in [0.15, 0.2) is 0 Å². The molecule has 0 aliphatic heterocycles. The first-order valence-electron chi connectivity index (χ1n) is 6.40. The number of benzene rings is 1. The molecule has 1 rings (SSSR count). The Bertz CT molecular complexity index is 387. The summed E-state index contributed by atoms with van der Waals surface area (Å²) in [5.41, 5.74) is 1.19. The minimum absolute atomic E-state index is 0.178. The van der Waals surface area contributed by atoms with Crippen LogP contribution in [-0.4, -0.2) is 19.2 Å². The van der Waals surface area contributed by atoms with Crippen molar-refractivity contribution >= 4 is 5.97 Å². The molecular weight excluding hydrogens is 228 g/mol. The van der Waals surface area contributed by atoms with E-state index >= 15 is 0 Å². The maximum atomic E-state index is 11.2. The quantitative estimate of drug-likeness (QED) is 0.724. The van der Waals surface area contributed by atoms with E-state index in [1.165, 1.54) is 12.7 Å². The first kappa shape index (κ1) is 14.6. The number of ether oxygens (including phenoxy) is 2. The lowest BCUT2D eigenvalue weighted by Crippen LogP contribution is -2.18. The van der Waals surface area contributed by atoms with E-state index in [1.54, 1.807) is 0 Å². The fraction of sp³-hybridized carbons (Fsp3) is 0.533. The summed E-state index contributed by atoms with van der Waals surface area (Å²) in [5, 5.41) is 0. The average molecular weight is 250 g/mol. The normalized spacial score (nSPS) is 13.8. The third kappa shape index (κ3) is 4.06. The Labute approximate surface area is 109 Å². The molecule has 0 N–H and O–H groups in total. The summed E-state index contributed by atoms with van der Waals surface area (Å²) in [6.45, 7) is 6.21. The molecule has 0 heterocycles. The minimum atomic E-state index is -0.247. The molecule has 0 amide bonds. The van der Waals surface area contributed by atoms with E-state index in [0.29, 0.717) is 5.92 Å². The zero-order valence-electron chi connectivity index (χ0n) is 11.6. The van der Waals surface area contributed by atoms with Crippen LogP contribution in [-0.2, 0) is 9.53 Å². The lowest BCUT2D eigenvalue weighted by atomic mass is 9.98. The van der Waals surface area contributed by atoms with Crippen molar-refractivity contribution in [1.82, 2.24) is 0 Å². The molecule has 0 fully saturated rings. The molecule has 0 saturated heterocycles.